The average Bonchev–Trinajstić information content (AvgIpc) is 3.11. The number of benzene rings is 1. The lowest BCUT2D eigenvalue weighted by Gasteiger charge is -2.09. The molecule has 0 amide bonds. The lowest BCUT2D eigenvalue weighted by molar-refractivity contribution is -0.385. The minimum absolute atomic E-state index is 0.0637. The van der Waals surface area contributed by atoms with Gasteiger partial charge in [-0.2, -0.15) is 0 Å². The molecule has 1 aromatic carbocycles. The summed E-state index contributed by atoms with van der Waals surface area (Å²) < 4.78 is 28.2. The molecule has 0 aliphatic heterocycles. The van der Waals surface area contributed by atoms with Gasteiger partial charge < -0.3 is 4.74 Å². The summed E-state index contributed by atoms with van der Waals surface area (Å²) in [7, 11) is -4.05. The van der Waals surface area contributed by atoms with E-state index in [1.165, 1.54) is 25.0 Å². The van der Waals surface area contributed by atoms with Gasteiger partial charge in [-0.1, -0.05) is 12.8 Å². The van der Waals surface area contributed by atoms with Crippen molar-refractivity contribution >= 4 is 15.7 Å². The number of nitro groups is 1. The van der Waals surface area contributed by atoms with Crippen molar-refractivity contribution in [1.29, 1.82) is 0 Å². The van der Waals surface area contributed by atoms with Gasteiger partial charge in [0.15, 0.2) is 0 Å². The second kappa shape index (κ2) is 5.14. The summed E-state index contributed by atoms with van der Waals surface area (Å²) in [5, 5.41) is 15.7. The molecule has 1 aliphatic rings. The van der Waals surface area contributed by atoms with Crippen LogP contribution < -0.4 is 9.88 Å². The number of ether oxygens (including phenoxy) is 1. The maximum absolute atomic E-state index is 11.4. The van der Waals surface area contributed by atoms with Gasteiger partial charge in [0, 0.05) is 12.1 Å². The van der Waals surface area contributed by atoms with Crippen molar-refractivity contribution in [2.45, 2.75) is 24.2 Å². The van der Waals surface area contributed by atoms with E-state index in [1.807, 2.05) is 0 Å². The van der Waals surface area contributed by atoms with Gasteiger partial charge in [-0.05, 0) is 18.4 Å². The van der Waals surface area contributed by atoms with E-state index < -0.39 is 14.9 Å². The second-order valence-electron chi connectivity index (χ2n) is 4.51. The molecule has 0 radical (unpaired) electrons. The van der Waals surface area contributed by atoms with E-state index in [4.69, 9.17) is 9.88 Å². The SMILES string of the molecule is NS(=O)(=O)c1cc([N+](=O)[O-])ccc1OCCC1CC1. The normalized spacial score (nSPS) is 15.2. The molecule has 1 aromatic rings. The minimum Gasteiger partial charge on any atom is -0.492 e. The van der Waals surface area contributed by atoms with Crippen molar-refractivity contribution in [2.24, 2.45) is 11.1 Å². The maximum Gasteiger partial charge on any atom is 0.271 e. The first-order valence-electron chi connectivity index (χ1n) is 5.82. The summed E-state index contributed by atoms with van der Waals surface area (Å²) in [6.07, 6.45) is 3.19. The second-order valence-corrected chi connectivity index (χ2v) is 6.04. The zero-order valence-corrected chi connectivity index (χ0v) is 10.9. The van der Waals surface area contributed by atoms with Gasteiger partial charge in [0.2, 0.25) is 10.0 Å². The quantitative estimate of drug-likeness (QED) is 0.627. The van der Waals surface area contributed by atoms with Crippen LogP contribution in [0.15, 0.2) is 23.1 Å². The zero-order chi connectivity index (χ0) is 14.0. The third-order valence-electron chi connectivity index (χ3n) is 2.93. The first-order valence-corrected chi connectivity index (χ1v) is 7.36. The van der Waals surface area contributed by atoms with Crippen LogP contribution in [0.1, 0.15) is 19.3 Å². The number of nitro benzene ring substituents is 1. The van der Waals surface area contributed by atoms with Crippen molar-refractivity contribution in [3.05, 3.63) is 28.3 Å². The topological polar surface area (TPSA) is 113 Å². The highest BCUT2D eigenvalue weighted by atomic mass is 32.2. The third kappa shape index (κ3) is 3.65. The number of hydrogen-bond donors (Lipinski definition) is 1. The Balaban J connectivity index is 2.22. The molecule has 0 bridgehead atoms. The smallest absolute Gasteiger partial charge is 0.271 e. The van der Waals surface area contributed by atoms with Crippen LogP contribution in [-0.4, -0.2) is 19.9 Å². The van der Waals surface area contributed by atoms with E-state index in [2.05, 4.69) is 0 Å². The molecular weight excluding hydrogens is 272 g/mol. The largest absolute Gasteiger partial charge is 0.492 e. The van der Waals surface area contributed by atoms with Crippen LogP contribution in [0.4, 0.5) is 5.69 Å². The van der Waals surface area contributed by atoms with Gasteiger partial charge in [0.25, 0.3) is 5.69 Å². The van der Waals surface area contributed by atoms with Crippen LogP contribution in [0.2, 0.25) is 0 Å². The molecule has 0 saturated heterocycles. The van der Waals surface area contributed by atoms with Gasteiger partial charge in [0.05, 0.1) is 11.5 Å². The lowest BCUT2D eigenvalue weighted by Crippen LogP contribution is -2.14. The number of hydrogen-bond acceptors (Lipinski definition) is 5. The Labute approximate surface area is 110 Å². The van der Waals surface area contributed by atoms with Crippen LogP contribution >= 0.6 is 0 Å². The van der Waals surface area contributed by atoms with Gasteiger partial charge in [-0.15, -0.1) is 0 Å². The Kier molecular flexibility index (Phi) is 3.72. The van der Waals surface area contributed by atoms with Crippen molar-refractivity contribution in [3.63, 3.8) is 0 Å². The number of rotatable bonds is 6. The van der Waals surface area contributed by atoms with Gasteiger partial charge in [-0.3, -0.25) is 10.1 Å². The number of nitrogens with two attached hydrogens (primary N) is 1. The molecule has 19 heavy (non-hydrogen) atoms. The van der Waals surface area contributed by atoms with Crippen LogP contribution in [-0.2, 0) is 10.0 Å². The van der Waals surface area contributed by atoms with Crippen molar-refractivity contribution < 1.29 is 18.1 Å². The summed E-state index contributed by atoms with van der Waals surface area (Å²) >= 11 is 0. The van der Waals surface area contributed by atoms with E-state index in [0.717, 1.165) is 12.5 Å². The molecule has 1 fully saturated rings. The average molecular weight is 286 g/mol. The van der Waals surface area contributed by atoms with Crippen LogP contribution in [0.25, 0.3) is 0 Å². The summed E-state index contributed by atoms with van der Waals surface area (Å²) in [6, 6.07) is 3.38. The van der Waals surface area contributed by atoms with E-state index in [9.17, 15) is 18.5 Å². The fraction of sp³-hybridized carbons (Fsp3) is 0.455. The van der Waals surface area contributed by atoms with Crippen molar-refractivity contribution in [2.75, 3.05) is 6.61 Å². The number of nitrogens with zero attached hydrogens (tertiary/aromatic N) is 1. The number of non-ortho nitro benzene ring substituents is 1. The third-order valence-corrected chi connectivity index (χ3v) is 3.86. The number of sulfonamides is 1. The maximum atomic E-state index is 11.4. The molecular formula is C11H14N2O5S. The van der Waals surface area contributed by atoms with Crippen LogP contribution in [0, 0.1) is 16.0 Å². The van der Waals surface area contributed by atoms with Crippen LogP contribution in [0.5, 0.6) is 5.75 Å². The summed E-state index contributed by atoms with van der Waals surface area (Å²) in [6.45, 7) is 0.380. The zero-order valence-electron chi connectivity index (χ0n) is 10.1. The monoisotopic (exact) mass is 286 g/mol. The first-order chi connectivity index (χ1) is 8.88. The lowest BCUT2D eigenvalue weighted by atomic mass is 10.3. The molecule has 0 spiro atoms. The highest BCUT2D eigenvalue weighted by Gasteiger charge is 2.23. The summed E-state index contributed by atoms with van der Waals surface area (Å²) in [5.74, 6) is 0.713. The standard InChI is InChI=1S/C11H14N2O5S/c12-19(16,17)11-7-9(13(14)15)3-4-10(11)18-6-5-8-1-2-8/h3-4,7-8H,1-2,5-6H2,(H2,12,16,17). The van der Waals surface area contributed by atoms with Crippen molar-refractivity contribution in [3.8, 4) is 5.75 Å². The minimum atomic E-state index is -4.05. The molecule has 104 valence electrons. The fourth-order valence-electron chi connectivity index (χ4n) is 1.69. The highest BCUT2D eigenvalue weighted by Crippen LogP contribution is 2.33. The fourth-order valence-corrected chi connectivity index (χ4v) is 2.39. The molecule has 1 aliphatic carbocycles. The molecule has 2 rings (SSSR count). The molecule has 8 heteroatoms. The first kappa shape index (κ1) is 13.8. The molecule has 2 N–H and O–H groups in total. The Morgan fingerprint density at radius 2 is 2.11 bits per heavy atom. The van der Waals surface area contributed by atoms with E-state index in [0.29, 0.717) is 12.5 Å². The predicted molar refractivity (Wildman–Crippen MR) is 67.3 cm³/mol. The van der Waals surface area contributed by atoms with E-state index in [1.54, 1.807) is 0 Å². The molecule has 7 nitrogen and oxygen atoms in total. The van der Waals surface area contributed by atoms with E-state index >= 15 is 0 Å². The molecule has 1 saturated carbocycles. The Morgan fingerprint density at radius 1 is 1.42 bits per heavy atom. The van der Waals surface area contributed by atoms with Gasteiger partial charge in [0.1, 0.15) is 10.6 Å². The highest BCUT2D eigenvalue weighted by molar-refractivity contribution is 7.89. The Bertz CT molecular complexity index is 595. The summed E-state index contributed by atoms with van der Waals surface area (Å²) in [4.78, 5) is 9.60. The van der Waals surface area contributed by atoms with Crippen LogP contribution in [0.3, 0.4) is 0 Å². The van der Waals surface area contributed by atoms with Gasteiger partial charge in [-0.25, -0.2) is 13.6 Å². The molecule has 0 heterocycles. The van der Waals surface area contributed by atoms with Crippen molar-refractivity contribution in [1.82, 2.24) is 0 Å². The summed E-state index contributed by atoms with van der Waals surface area (Å²) in [5.41, 5.74) is -0.335. The van der Waals surface area contributed by atoms with Gasteiger partial charge >= 0.3 is 0 Å². The Hall–Kier alpha value is -1.67. The van der Waals surface area contributed by atoms with E-state index in [-0.39, 0.29) is 16.3 Å². The predicted octanol–water partition coefficient (Wildman–Crippen LogP) is 1.42. The molecule has 0 atom stereocenters. The number of primary sulfonamides is 1. The molecule has 0 aromatic heterocycles. The Morgan fingerprint density at radius 3 is 2.63 bits per heavy atom. The molecule has 0 unspecified atom stereocenters.